The third-order valence-electron chi connectivity index (χ3n) is 4.90. The Labute approximate surface area is 153 Å². The summed E-state index contributed by atoms with van der Waals surface area (Å²) in [7, 11) is -2.43. The van der Waals surface area contributed by atoms with Crippen LogP contribution in [0.3, 0.4) is 0 Å². The van der Waals surface area contributed by atoms with Gasteiger partial charge in [-0.15, -0.1) is 0 Å². The predicted octanol–water partition coefficient (Wildman–Crippen LogP) is 2.35. The molecule has 142 valence electrons. The first-order valence-electron chi connectivity index (χ1n) is 8.98. The van der Waals surface area contributed by atoms with Crippen LogP contribution in [0.4, 0.5) is 5.69 Å². The number of benzene rings is 1. The smallest absolute Gasteiger partial charge is 0.244 e. The lowest BCUT2D eigenvalue weighted by atomic mass is 9.96. The SMILES string of the molecule is COc1ccc(N2C(=O)CCCC2=O)cc1S(=O)(=O)NC1CCCCC1. The molecule has 1 heterocycles. The molecule has 1 aliphatic carbocycles. The standard InChI is InChI=1S/C18H24N2O5S/c1-25-15-11-10-14(20-17(21)8-5-9-18(20)22)12-16(15)26(23,24)19-13-6-3-2-4-7-13/h10-13,19H,2-9H2,1H3. The Morgan fingerprint density at radius 1 is 1.04 bits per heavy atom. The minimum Gasteiger partial charge on any atom is -0.495 e. The topological polar surface area (TPSA) is 92.8 Å². The van der Waals surface area contributed by atoms with Crippen LogP contribution >= 0.6 is 0 Å². The molecule has 0 aromatic heterocycles. The van der Waals surface area contributed by atoms with E-state index < -0.39 is 10.0 Å². The van der Waals surface area contributed by atoms with Gasteiger partial charge < -0.3 is 4.74 Å². The highest BCUT2D eigenvalue weighted by molar-refractivity contribution is 7.89. The molecule has 7 nitrogen and oxygen atoms in total. The van der Waals surface area contributed by atoms with Gasteiger partial charge in [-0.3, -0.25) is 14.5 Å². The van der Waals surface area contributed by atoms with Gasteiger partial charge in [0.15, 0.2) is 0 Å². The van der Waals surface area contributed by atoms with Gasteiger partial charge in [0, 0.05) is 18.9 Å². The molecule has 2 aliphatic rings. The van der Waals surface area contributed by atoms with Crippen LogP contribution in [-0.2, 0) is 19.6 Å². The summed E-state index contributed by atoms with van der Waals surface area (Å²) in [6.07, 6.45) is 5.83. The lowest BCUT2D eigenvalue weighted by Crippen LogP contribution is -2.40. The number of nitrogens with zero attached hydrogens (tertiary/aromatic N) is 1. The lowest BCUT2D eigenvalue weighted by Gasteiger charge is -2.26. The molecule has 0 radical (unpaired) electrons. The summed E-state index contributed by atoms with van der Waals surface area (Å²) in [5.41, 5.74) is 0.268. The van der Waals surface area contributed by atoms with Gasteiger partial charge in [-0.05, 0) is 37.5 Å². The van der Waals surface area contributed by atoms with Crippen LogP contribution in [0.25, 0.3) is 0 Å². The first-order valence-corrected chi connectivity index (χ1v) is 10.5. The summed E-state index contributed by atoms with van der Waals surface area (Å²) in [4.78, 5) is 25.3. The molecule has 8 heteroatoms. The van der Waals surface area contributed by atoms with E-state index in [9.17, 15) is 18.0 Å². The lowest BCUT2D eigenvalue weighted by molar-refractivity contribution is -0.129. The Balaban J connectivity index is 1.94. The molecule has 1 saturated heterocycles. The molecule has 1 aromatic rings. The van der Waals surface area contributed by atoms with Crippen molar-refractivity contribution in [2.24, 2.45) is 0 Å². The number of rotatable bonds is 5. The molecule has 1 aliphatic heterocycles. The monoisotopic (exact) mass is 380 g/mol. The zero-order chi connectivity index (χ0) is 18.7. The maximum absolute atomic E-state index is 12.9. The van der Waals surface area contributed by atoms with Gasteiger partial charge >= 0.3 is 0 Å². The fraction of sp³-hybridized carbons (Fsp3) is 0.556. The molecule has 2 fully saturated rings. The highest BCUT2D eigenvalue weighted by atomic mass is 32.2. The summed E-state index contributed by atoms with van der Waals surface area (Å²) in [6.45, 7) is 0. The van der Waals surface area contributed by atoms with Gasteiger partial charge in [-0.1, -0.05) is 19.3 Å². The molecular formula is C18H24N2O5S. The van der Waals surface area contributed by atoms with E-state index in [1.165, 1.54) is 19.2 Å². The number of imide groups is 1. The second-order valence-corrected chi connectivity index (χ2v) is 8.45. The number of nitrogens with one attached hydrogen (secondary N) is 1. The van der Waals surface area contributed by atoms with Crippen molar-refractivity contribution in [2.45, 2.75) is 62.3 Å². The van der Waals surface area contributed by atoms with E-state index in [4.69, 9.17) is 4.74 Å². The van der Waals surface area contributed by atoms with Crippen LogP contribution in [0.2, 0.25) is 0 Å². The predicted molar refractivity (Wildman–Crippen MR) is 96.5 cm³/mol. The maximum atomic E-state index is 12.9. The number of carbonyl (C=O) groups excluding carboxylic acids is 2. The van der Waals surface area contributed by atoms with Crippen LogP contribution in [0.5, 0.6) is 5.75 Å². The summed E-state index contributed by atoms with van der Waals surface area (Å²) >= 11 is 0. The van der Waals surface area contributed by atoms with Gasteiger partial charge in [-0.25, -0.2) is 13.1 Å². The molecule has 1 N–H and O–H groups in total. The molecule has 0 unspecified atom stereocenters. The zero-order valence-electron chi connectivity index (χ0n) is 14.9. The molecule has 1 aromatic carbocycles. The number of hydrogen-bond donors (Lipinski definition) is 1. The maximum Gasteiger partial charge on any atom is 0.244 e. The van der Waals surface area contributed by atoms with Crippen LogP contribution in [0, 0.1) is 0 Å². The number of piperidine rings is 1. The van der Waals surface area contributed by atoms with E-state index in [0.717, 1.165) is 37.0 Å². The van der Waals surface area contributed by atoms with Gasteiger partial charge in [0.25, 0.3) is 0 Å². The molecule has 3 rings (SSSR count). The highest BCUT2D eigenvalue weighted by Crippen LogP contribution is 2.31. The average molecular weight is 380 g/mol. The van der Waals surface area contributed by atoms with E-state index in [2.05, 4.69) is 4.72 Å². The highest BCUT2D eigenvalue weighted by Gasteiger charge is 2.30. The fourth-order valence-corrected chi connectivity index (χ4v) is 5.05. The largest absolute Gasteiger partial charge is 0.495 e. The Bertz CT molecular complexity index is 784. The van der Waals surface area contributed by atoms with E-state index in [1.807, 2.05) is 0 Å². The number of amides is 2. The van der Waals surface area contributed by atoms with Crippen molar-refractivity contribution < 1.29 is 22.7 Å². The van der Waals surface area contributed by atoms with Crippen molar-refractivity contribution in [2.75, 3.05) is 12.0 Å². The average Bonchev–Trinajstić information content (AvgIpc) is 2.62. The van der Waals surface area contributed by atoms with Crippen molar-refractivity contribution in [1.29, 1.82) is 0 Å². The Morgan fingerprint density at radius 2 is 1.69 bits per heavy atom. The molecule has 26 heavy (non-hydrogen) atoms. The van der Waals surface area contributed by atoms with Gasteiger partial charge in [0.1, 0.15) is 10.6 Å². The minimum atomic E-state index is -3.82. The second kappa shape index (κ2) is 7.75. The fourth-order valence-electron chi connectivity index (χ4n) is 3.56. The second-order valence-electron chi connectivity index (χ2n) is 6.77. The van der Waals surface area contributed by atoms with Crippen LogP contribution < -0.4 is 14.4 Å². The number of hydrogen-bond acceptors (Lipinski definition) is 5. The van der Waals surface area contributed by atoms with E-state index >= 15 is 0 Å². The molecule has 0 bridgehead atoms. The summed E-state index contributed by atoms with van der Waals surface area (Å²) < 4.78 is 33.7. The first-order chi connectivity index (χ1) is 12.4. The van der Waals surface area contributed by atoms with Gasteiger partial charge in [-0.2, -0.15) is 0 Å². The van der Waals surface area contributed by atoms with Crippen LogP contribution in [-0.4, -0.2) is 33.4 Å². The molecule has 1 saturated carbocycles. The zero-order valence-corrected chi connectivity index (χ0v) is 15.7. The number of methoxy groups -OCH3 is 1. The summed E-state index contributed by atoms with van der Waals surface area (Å²) in [5.74, 6) is -0.432. The number of carbonyl (C=O) groups is 2. The van der Waals surface area contributed by atoms with Crippen molar-refractivity contribution in [3.63, 3.8) is 0 Å². The number of ether oxygens (including phenoxy) is 1. The van der Waals surface area contributed by atoms with Gasteiger partial charge in [0.2, 0.25) is 21.8 Å². The molecule has 2 amide bonds. The van der Waals surface area contributed by atoms with Gasteiger partial charge in [0.05, 0.1) is 12.8 Å². The van der Waals surface area contributed by atoms with E-state index in [-0.39, 0.29) is 47.0 Å². The Morgan fingerprint density at radius 3 is 2.31 bits per heavy atom. The van der Waals surface area contributed by atoms with Crippen LogP contribution in [0.15, 0.2) is 23.1 Å². The van der Waals surface area contributed by atoms with E-state index in [0.29, 0.717) is 6.42 Å². The van der Waals surface area contributed by atoms with Crippen molar-refractivity contribution in [3.05, 3.63) is 18.2 Å². The van der Waals surface area contributed by atoms with Crippen LogP contribution in [0.1, 0.15) is 51.4 Å². The number of anilines is 1. The van der Waals surface area contributed by atoms with Crippen molar-refractivity contribution in [3.8, 4) is 5.75 Å². The third kappa shape index (κ3) is 3.91. The van der Waals surface area contributed by atoms with Crippen molar-refractivity contribution in [1.82, 2.24) is 4.72 Å². The Kier molecular flexibility index (Phi) is 5.62. The summed E-state index contributed by atoms with van der Waals surface area (Å²) in [5, 5.41) is 0. The minimum absolute atomic E-state index is 0.0470. The molecule has 0 spiro atoms. The molecular weight excluding hydrogens is 356 g/mol. The van der Waals surface area contributed by atoms with E-state index in [1.54, 1.807) is 6.07 Å². The van der Waals surface area contributed by atoms with Crippen molar-refractivity contribution >= 4 is 27.5 Å². The number of sulfonamides is 1. The Hall–Kier alpha value is -1.93. The normalized spacial score (nSPS) is 19.7. The first kappa shape index (κ1) is 18.8. The third-order valence-corrected chi connectivity index (χ3v) is 6.44. The molecule has 0 atom stereocenters. The summed E-state index contributed by atoms with van der Waals surface area (Å²) in [6, 6.07) is 4.28. The quantitative estimate of drug-likeness (QED) is 0.792.